The average molecular weight is 262 g/mol. The van der Waals surface area contributed by atoms with E-state index in [1.807, 2.05) is 13.2 Å². The molecule has 0 fully saturated rings. The van der Waals surface area contributed by atoms with Crippen LogP contribution in [0, 0.1) is 22.7 Å². The van der Waals surface area contributed by atoms with E-state index >= 15 is 0 Å². The number of Topliss-reactive ketones (excluding diaryl/α,β-unsaturated/α-hetero) is 1. The fourth-order valence-corrected chi connectivity index (χ4v) is 3.47. The van der Waals surface area contributed by atoms with Gasteiger partial charge < -0.3 is 5.32 Å². The van der Waals surface area contributed by atoms with E-state index in [2.05, 4.69) is 25.2 Å². The first-order chi connectivity index (χ1) is 8.39. The van der Waals surface area contributed by atoms with Gasteiger partial charge in [0.05, 0.1) is 16.7 Å². The molecular weight excluding hydrogens is 244 g/mol. The van der Waals surface area contributed by atoms with Crippen molar-refractivity contribution >= 4 is 17.5 Å². The Labute approximate surface area is 112 Å². The van der Waals surface area contributed by atoms with Crippen LogP contribution in [0.5, 0.6) is 0 Å². The third kappa shape index (κ3) is 2.08. The van der Waals surface area contributed by atoms with E-state index < -0.39 is 0 Å². The zero-order chi connectivity index (χ0) is 13.5. The first kappa shape index (κ1) is 13.2. The van der Waals surface area contributed by atoms with Crippen LogP contribution in [0.3, 0.4) is 0 Å². The minimum Gasteiger partial charge on any atom is -0.352 e. The van der Waals surface area contributed by atoms with Crippen molar-refractivity contribution in [3.63, 3.8) is 0 Å². The minimum atomic E-state index is -0.0719. The van der Waals surface area contributed by atoms with Gasteiger partial charge in [-0.1, -0.05) is 20.8 Å². The van der Waals surface area contributed by atoms with Crippen LogP contribution in [0.1, 0.15) is 33.6 Å². The maximum Gasteiger partial charge on any atom is 0.161 e. The first-order valence-corrected chi connectivity index (χ1v) is 7.33. The topological polar surface area (TPSA) is 52.9 Å². The van der Waals surface area contributed by atoms with Crippen molar-refractivity contribution in [1.29, 1.82) is 5.26 Å². The van der Waals surface area contributed by atoms with Crippen molar-refractivity contribution in [3.05, 3.63) is 21.9 Å². The Morgan fingerprint density at radius 3 is 2.67 bits per heavy atom. The molecule has 0 saturated heterocycles. The van der Waals surface area contributed by atoms with Gasteiger partial charge in [0.1, 0.15) is 0 Å². The predicted molar refractivity (Wildman–Crippen MR) is 73.5 cm³/mol. The van der Waals surface area contributed by atoms with Gasteiger partial charge in [0.15, 0.2) is 5.78 Å². The van der Waals surface area contributed by atoms with Crippen molar-refractivity contribution in [2.24, 2.45) is 11.3 Å². The van der Waals surface area contributed by atoms with E-state index in [0.717, 1.165) is 22.7 Å². The van der Waals surface area contributed by atoms with Crippen molar-refractivity contribution in [1.82, 2.24) is 5.32 Å². The van der Waals surface area contributed by atoms with Crippen LogP contribution in [0.4, 0.5) is 0 Å². The highest BCUT2D eigenvalue weighted by Crippen LogP contribution is 2.43. The molecule has 2 aliphatic rings. The van der Waals surface area contributed by atoms with Crippen molar-refractivity contribution in [2.45, 2.75) is 33.6 Å². The third-order valence-corrected chi connectivity index (χ3v) is 4.35. The number of carbonyl (C=O) groups excluding carboxylic acids is 1. The van der Waals surface area contributed by atoms with E-state index in [0.29, 0.717) is 12.0 Å². The molecular formula is C14H18N2OS. The molecule has 18 heavy (non-hydrogen) atoms. The van der Waals surface area contributed by atoms with Crippen LogP contribution in [-0.2, 0) is 4.79 Å². The number of hydrogen-bond donors (Lipinski definition) is 1. The molecule has 2 rings (SSSR count). The van der Waals surface area contributed by atoms with Crippen molar-refractivity contribution in [2.75, 3.05) is 6.26 Å². The summed E-state index contributed by atoms with van der Waals surface area (Å²) in [7, 11) is 0. The Morgan fingerprint density at radius 2 is 2.11 bits per heavy atom. The molecule has 0 bridgehead atoms. The molecule has 1 aliphatic heterocycles. The molecule has 0 amide bonds. The van der Waals surface area contributed by atoms with Crippen LogP contribution >= 0.6 is 11.8 Å². The summed E-state index contributed by atoms with van der Waals surface area (Å²) in [5, 5.41) is 13.4. The number of dihydropyridines is 1. The molecule has 3 nitrogen and oxygen atoms in total. The summed E-state index contributed by atoms with van der Waals surface area (Å²) in [6.07, 6.45) is 3.40. The van der Waals surface area contributed by atoms with Gasteiger partial charge >= 0.3 is 0 Å². The monoisotopic (exact) mass is 262 g/mol. The Kier molecular flexibility index (Phi) is 3.29. The fraction of sp³-hybridized carbons (Fsp3) is 0.571. The molecule has 1 heterocycles. The molecule has 1 aliphatic carbocycles. The highest BCUT2D eigenvalue weighted by Gasteiger charge is 2.39. The zero-order valence-electron chi connectivity index (χ0n) is 11.3. The van der Waals surface area contributed by atoms with Gasteiger partial charge in [-0.3, -0.25) is 4.79 Å². The minimum absolute atomic E-state index is 0.0102. The van der Waals surface area contributed by atoms with E-state index in [9.17, 15) is 10.1 Å². The lowest BCUT2D eigenvalue weighted by Gasteiger charge is -2.37. The molecule has 0 saturated carbocycles. The smallest absolute Gasteiger partial charge is 0.161 e. The molecule has 0 aromatic heterocycles. The second kappa shape index (κ2) is 4.47. The molecule has 0 radical (unpaired) electrons. The summed E-state index contributed by atoms with van der Waals surface area (Å²) in [5.41, 5.74) is 2.54. The summed E-state index contributed by atoms with van der Waals surface area (Å²) in [6.45, 7) is 6.19. The van der Waals surface area contributed by atoms with E-state index in [4.69, 9.17) is 0 Å². The van der Waals surface area contributed by atoms with E-state index in [1.54, 1.807) is 0 Å². The lowest BCUT2D eigenvalue weighted by atomic mass is 9.71. The number of nitrogens with one attached hydrogen (secondary N) is 1. The quantitative estimate of drug-likeness (QED) is 0.789. The number of thioether (sulfide) groups is 1. The number of nitriles is 1. The second-order valence-corrected chi connectivity index (χ2v) is 6.56. The van der Waals surface area contributed by atoms with Gasteiger partial charge in [0, 0.05) is 23.6 Å². The first-order valence-electron chi connectivity index (χ1n) is 6.11. The normalized spacial score (nSPS) is 26.6. The Morgan fingerprint density at radius 1 is 1.44 bits per heavy atom. The maximum absolute atomic E-state index is 12.3. The number of ketones is 1. The lowest BCUT2D eigenvalue weighted by Crippen LogP contribution is -2.36. The van der Waals surface area contributed by atoms with Crippen molar-refractivity contribution in [3.8, 4) is 6.07 Å². The molecule has 1 atom stereocenters. The summed E-state index contributed by atoms with van der Waals surface area (Å²) in [5.74, 6) is 0.117. The maximum atomic E-state index is 12.3. The number of allylic oxidation sites excluding steroid dienone is 3. The Hall–Kier alpha value is -1.21. The molecule has 4 heteroatoms. The Balaban J connectivity index is 2.46. The average Bonchev–Trinajstić information content (AvgIpc) is 2.25. The number of hydrogen-bond acceptors (Lipinski definition) is 4. The number of rotatable bonds is 1. The van der Waals surface area contributed by atoms with Crippen LogP contribution in [0.15, 0.2) is 21.9 Å². The largest absolute Gasteiger partial charge is 0.352 e. The van der Waals surface area contributed by atoms with Crippen LogP contribution in [0.2, 0.25) is 0 Å². The molecule has 0 unspecified atom stereocenters. The van der Waals surface area contributed by atoms with Gasteiger partial charge in [0.2, 0.25) is 0 Å². The summed E-state index contributed by atoms with van der Waals surface area (Å²) in [6, 6.07) is 2.24. The van der Waals surface area contributed by atoms with Gasteiger partial charge in [-0.15, -0.1) is 11.8 Å². The third-order valence-electron chi connectivity index (χ3n) is 3.62. The van der Waals surface area contributed by atoms with Gasteiger partial charge in [-0.2, -0.15) is 5.26 Å². The second-order valence-electron chi connectivity index (χ2n) is 5.74. The molecule has 96 valence electrons. The molecule has 0 aromatic rings. The van der Waals surface area contributed by atoms with Gasteiger partial charge in [-0.25, -0.2) is 0 Å². The highest BCUT2D eigenvalue weighted by molar-refractivity contribution is 8.02. The van der Waals surface area contributed by atoms with Crippen LogP contribution in [-0.4, -0.2) is 12.0 Å². The van der Waals surface area contributed by atoms with E-state index in [1.165, 1.54) is 11.8 Å². The lowest BCUT2D eigenvalue weighted by molar-refractivity contribution is -0.118. The van der Waals surface area contributed by atoms with Crippen LogP contribution < -0.4 is 5.32 Å². The van der Waals surface area contributed by atoms with Gasteiger partial charge in [0.25, 0.3) is 0 Å². The predicted octanol–water partition coefficient (Wildman–Crippen LogP) is 2.97. The molecule has 0 aromatic carbocycles. The zero-order valence-corrected chi connectivity index (χ0v) is 12.1. The number of carbonyl (C=O) groups is 1. The summed E-state index contributed by atoms with van der Waals surface area (Å²) >= 11 is 1.54. The van der Waals surface area contributed by atoms with E-state index in [-0.39, 0.29) is 17.1 Å². The molecule has 1 N–H and O–H groups in total. The molecule has 0 spiro atoms. The van der Waals surface area contributed by atoms with Crippen molar-refractivity contribution < 1.29 is 4.79 Å². The summed E-state index contributed by atoms with van der Waals surface area (Å²) in [4.78, 5) is 12.3. The Bertz CT molecular complexity index is 508. The number of nitrogens with zero attached hydrogens (tertiary/aromatic N) is 1. The van der Waals surface area contributed by atoms with Gasteiger partial charge in [-0.05, 0) is 18.1 Å². The summed E-state index contributed by atoms with van der Waals surface area (Å²) < 4.78 is 0. The van der Waals surface area contributed by atoms with Crippen LogP contribution in [0.25, 0.3) is 0 Å². The highest BCUT2D eigenvalue weighted by atomic mass is 32.2. The standard InChI is InChI=1S/C14H18N2OS/c1-8-9(7-15)13(18-4)16-10-5-14(2,3)6-11(17)12(8)10/h8,16H,5-6H2,1-4H3/t8-/m0/s1. The fourth-order valence-electron chi connectivity index (χ4n) is 2.80. The SMILES string of the molecule is CSC1=C(C#N)[C@H](C)C2=C(CC(C)(C)CC2=O)N1.